The third-order valence-electron chi connectivity index (χ3n) is 4.48. The summed E-state index contributed by atoms with van der Waals surface area (Å²) in [6.07, 6.45) is 0.808. The molecule has 2 amide bonds. The summed E-state index contributed by atoms with van der Waals surface area (Å²) in [6.45, 7) is 7.95. The minimum atomic E-state index is 0.00387. The monoisotopic (exact) mass is 266 g/mol. The summed E-state index contributed by atoms with van der Waals surface area (Å²) in [7, 11) is 0. The molecule has 0 atom stereocenters. The number of likely N-dealkylation sites (tertiary alicyclic amines) is 1. The molecule has 6 heteroatoms. The fourth-order valence-corrected chi connectivity index (χ4v) is 3.00. The molecule has 0 aromatic heterocycles. The number of carbonyl (C=O) groups excluding carboxylic acids is 2. The Kier molecular flexibility index (Phi) is 3.81. The lowest BCUT2D eigenvalue weighted by Gasteiger charge is -2.43. The van der Waals surface area contributed by atoms with Crippen molar-refractivity contribution < 1.29 is 9.59 Å². The highest BCUT2D eigenvalue weighted by atomic mass is 16.2. The van der Waals surface area contributed by atoms with E-state index in [0.717, 1.165) is 51.9 Å². The topological polar surface area (TPSA) is 55.9 Å². The highest BCUT2D eigenvalue weighted by molar-refractivity contribution is 6.01. The highest BCUT2D eigenvalue weighted by Crippen LogP contribution is 2.13. The van der Waals surface area contributed by atoms with Crippen molar-refractivity contribution in [1.82, 2.24) is 20.0 Å². The van der Waals surface area contributed by atoms with Gasteiger partial charge in [-0.25, -0.2) is 0 Å². The van der Waals surface area contributed by atoms with Crippen molar-refractivity contribution in [2.75, 3.05) is 52.4 Å². The van der Waals surface area contributed by atoms with Crippen molar-refractivity contribution >= 4 is 11.8 Å². The molecular weight excluding hydrogens is 244 g/mol. The van der Waals surface area contributed by atoms with E-state index in [2.05, 4.69) is 15.1 Å². The largest absolute Gasteiger partial charge is 0.314 e. The van der Waals surface area contributed by atoms with E-state index in [-0.39, 0.29) is 11.8 Å². The fourth-order valence-electron chi connectivity index (χ4n) is 3.00. The van der Waals surface area contributed by atoms with Gasteiger partial charge in [-0.1, -0.05) is 0 Å². The third-order valence-corrected chi connectivity index (χ3v) is 4.48. The van der Waals surface area contributed by atoms with Gasteiger partial charge in [0.25, 0.3) is 0 Å². The Balaban J connectivity index is 1.40. The lowest BCUT2D eigenvalue weighted by molar-refractivity contribution is -0.138. The number of carbonyl (C=O) groups is 2. The Labute approximate surface area is 113 Å². The standard InChI is InChI=1S/C13H22N4O2/c18-12-1-2-13(19)17(12)8-5-15-3-6-16(7-4-15)11-9-14-10-11/h11,14H,1-10H2. The Morgan fingerprint density at radius 2 is 1.58 bits per heavy atom. The van der Waals surface area contributed by atoms with Crippen LogP contribution in [0.4, 0.5) is 0 Å². The molecule has 0 aromatic rings. The second-order valence-electron chi connectivity index (χ2n) is 5.63. The quantitative estimate of drug-likeness (QED) is 0.643. The van der Waals surface area contributed by atoms with Gasteiger partial charge in [0.15, 0.2) is 0 Å². The van der Waals surface area contributed by atoms with E-state index in [1.165, 1.54) is 4.90 Å². The van der Waals surface area contributed by atoms with Crippen LogP contribution >= 0.6 is 0 Å². The van der Waals surface area contributed by atoms with Gasteiger partial charge in [-0.05, 0) is 0 Å². The van der Waals surface area contributed by atoms with Crippen LogP contribution in [0.2, 0.25) is 0 Å². The molecule has 106 valence electrons. The van der Waals surface area contributed by atoms with Crippen LogP contribution in [0, 0.1) is 0 Å². The van der Waals surface area contributed by atoms with Crippen LogP contribution < -0.4 is 5.32 Å². The number of rotatable bonds is 4. The Morgan fingerprint density at radius 1 is 0.947 bits per heavy atom. The third kappa shape index (κ3) is 2.80. The number of imide groups is 1. The van der Waals surface area contributed by atoms with Crippen LogP contribution in [0.5, 0.6) is 0 Å². The van der Waals surface area contributed by atoms with Gasteiger partial charge in [-0.15, -0.1) is 0 Å². The molecule has 1 N–H and O–H groups in total. The van der Waals surface area contributed by atoms with Crippen molar-refractivity contribution in [3.05, 3.63) is 0 Å². The Hall–Kier alpha value is -0.980. The zero-order valence-electron chi connectivity index (χ0n) is 11.3. The maximum atomic E-state index is 11.5. The molecule has 0 spiro atoms. The van der Waals surface area contributed by atoms with Gasteiger partial charge in [0.2, 0.25) is 11.8 Å². The van der Waals surface area contributed by atoms with Gasteiger partial charge in [-0.2, -0.15) is 0 Å². The summed E-state index contributed by atoms with van der Waals surface area (Å²) < 4.78 is 0. The molecule has 0 aliphatic carbocycles. The second-order valence-corrected chi connectivity index (χ2v) is 5.63. The first-order valence-corrected chi connectivity index (χ1v) is 7.24. The summed E-state index contributed by atoms with van der Waals surface area (Å²) in [5.41, 5.74) is 0. The van der Waals surface area contributed by atoms with Gasteiger partial charge >= 0.3 is 0 Å². The predicted molar refractivity (Wildman–Crippen MR) is 70.6 cm³/mol. The molecule has 0 radical (unpaired) electrons. The fraction of sp³-hybridized carbons (Fsp3) is 0.846. The summed E-state index contributed by atoms with van der Waals surface area (Å²) in [4.78, 5) is 29.4. The van der Waals surface area contributed by atoms with E-state index in [1.54, 1.807) is 0 Å². The first-order valence-electron chi connectivity index (χ1n) is 7.24. The lowest BCUT2D eigenvalue weighted by Crippen LogP contribution is -2.61. The molecule has 6 nitrogen and oxygen atoms in total. The molecular formula is C13H22N4O2. The summed E-state index contributed by atoms with van der Waals surface area (Å²) >= 11 is 0. The van der Waals surface area contributed by atoms with Crippen LogP contribution in [0.3, 0.4) is 0 Å². The van der Waals surface area contributed by atoms with Crippen molar-refractivity contribution in [3.8, 4) is 0 Å². The number of nitrogens with one attached hydrogen (secondary N) is 1. The number of amides is 2. The molecule has 19 heavy (non-hydrogen) atoms. The average molecular weight is 266 g/mol. The molecule has 0 unspecified atom stereocenters. The predicted octanol–water partition coefficient (Wildman–Crippen LogP) is -1.28. The molecule has 3 aliphatic rings. The van der Waals surface area contributed by atoms with Crippen molar-refractivity contribution in [2.45, 2.75) is 18.9 Å². The summed E-state index contributed by atoms with van der Waals surface area (Å²) in [5, 5.41) is 3.30. The Bertz CT molecular complexity index is 346. The molecule has 3 aliphatic heterocycles. The van der Waals surface area contributed by atoms with Gasteiger partial charge < -0.3 is 5.32 Å². The minimum Gasteiger partial charge on any atom is -0.314 e. The molecule has 0 saturated carbocycles. The van der Waals surface area contributed by atoms with Gasteiger partial charge in [-0.3, -0.25) is 24.3 Å². The minimum absolute atomic E-state index is 0.00387. The molecule has 0 aromatic carbocycles. The summed E-state index contributed by atoms with van der Waals surface area (Å²) in [5.74, 6) is 0.00774. The van der Waals surface area contributed by atoms with Crippen LogP contribution in [-0.2, 0) is 9.59 Å². The van der Waals surface area contributed by atoms with E-state index in [4.69, 9.17) is 0 Å². The molecule has 3 fully saturated rings. The first kappa shape index (κ1) is 13.0. The average Bonchev–Trinajstić information content (AvgIpc) is 2.66. The lowest BCUT2D eigenvalue weighted by atomic mass is 10.1. The Morgan fingerprint density at radius 3 is 2.11 bits per heavy atom. The van der Waals surface area contributed by atoms with Gasteiger partial charge in [0.05, 0.1) is 0 Å². The molecule has 3 saturated heterocycles. The zero-order chi connectivity index (χ0) is 13.2. The second kappa shape index (κ2) is 5.56. The number of nitrogens with zero attached hydrogens (tertiary/aromatic N) is 3. The number of hydrogen-bond acceptors (Lipinski definition) is 5. The van der Waals surface area contributed by atoms with Crippen molar-refractivity contribution in [2.24, 2.45) is 0 Å². The van der Waals surface area contributed by atoms with Crippen molar-refractivity contribution in [1.29, 1.82) is 0 Å². The van der Waals surface area contributed by atoms with E-state index in [0.29, 0.717) is 19.4 Å². The zero-order valence-corrected chi connectivity index (χ0v) is 11.3. The van der Waals surface area contributed by atoms with Crippen LogP contribution in [0.25, 0.3) is 0 Å². The maximum absolute atomic E-state index is 11.5. The molecule has 3 rings (SSSR count). The normalized spacial score (nSPS) is 27.1. The van der Waals surface area contributed by atoms with E-state index in [9.17, 15) is 9.59 Å². The van der Waals surface area contributed by atoms with E-state index in [1.807, 2.05) is 0 Å². The molecule has 3 heterocycles. The van der Waals surface area contributed by atoms with Crippen molar-refractivity contribution in [3.63, 3.8) is 0 Å². The highest BCUT2D eigenvalue weighted by Gasteiger charge is 2.30. The smallest absolute Gasteiger partial charge is 0.229 e. The van der Waals surface area contributed by atoms with Crippen LogP contribution in [-0.4, -0.2) is 84.9 Å². The number of hydrogen-bond donors (Lipinski definition) is 1. The van der Waals surface area contributed by atoms with Gasteiger partial charge in [0, 0.05) is 71.2 Å². The molecule has 0 bridgehead atoms. The van der Waals surface area contributed by atoms with E-state index >= 15 is 0 Å². The summed E-state index contributed by atoms with van der Waals surface area (Å²) in [6, 6.07) is 0.726. The van der Waals surface area contributed by atoms with Crippen LogP contribution in [0.1, 0.15) is 12.8 Å². The van der Waals surface area contributed by atoms with Crippen LogP contribution in [0.15, 0.2) is 0 Å². The van der Waals surface area contributed by atoms with E-state index < -0.39 is 0 Å². The van der Waals surface area contributed by atoms with Gasteiger partial charge in [0.1, 0.15) is 0 Å². The maximum Gasteiger partial charge on any atom is 0.229 e. The number of piperazine rings is 1. The SMILES string of the molecule is O=C1CCC(=O)N1CCN1CCN(C2CNC2)CC1. The first-order chi connectivity index (χ1) is 9.24.